The highest BCUT2D eigenvalue weighted by atomic mass is 35.5. The van der Waals surface area contributed by atoms with Crippen LogP contribution in [0.25, 0.3) is 11.0 Å². The van der Waals surface area contributed by atoms with E-state index >= 15 is 0 Å². The Balaban J connectivity index is 2.14. The van der Waals surface area contributed by atoms with Gasteiger partial charge in [-0.25, -0.2) is 4.98 Å². The van der Waals surface area contributed by atoms with E-state index in [0.717, 1.165) is 27.8 Å². The van der Waals surface area contributed by atoms with E-state index in [1.54, 1.807) is 0 Å². The van der Waals surface area contributed by atoms with Gasteiger partial charge in [-0.2, -0.15) is 0 Å². The van der Waals surface area contributed by atoms with Gasteiger partial charge in [0.25, 0.3) is 0 Å². The molecule has 1 aromatic heterocycles. The highest BCUT2D eigenvalue weighted by Crippen LogP contribution is 2.41. The standard InChI is InChI=1S/C17H22Cl2N2/c1-10-4-7-15(11(2)8-10)21-16-9-13(19)5-6-14(16)20-17(21)12(3)18/h5-6,9-12,15H,4,7-8H2,1-3H3. The number of nitrogens with zero attached hydrogens (tertiary/aromatic N) is 2. The van der Waals surface area contributed by atoms with Crippen molar-refractivity contribution in [2.24, 2.45) is 11.8 Å². The second-order valence-corrected chi connectivity index (χ2v) is 7.64. The molecule has 0 bridgehead atoms. The minimum Gasteiger partial charge on any atom is -0.323 e. The van der Waals surface area contributed by atoms with Crippen LogP contribution in [0, 0.1) is 11.8 Å². The van der Waals surface area contributed by atoms with E-state index in [0.29, 0.717) is 12.0 Å². The molecule has 0 spiro atoms. The number of alkyl halides is 1. The fraction of sp³-hybridized carbons (Fsp3) is 0.588. The molecule has 2 aromatic rings. The topological polar surface area (TPSA) is 17.8 Å². The molecule has 4 heteroatoms. The number of fused-ring (bicyclic) bond motifs is 1. The molecule has 2 nitrogen and oxygen atoms in total. The van der Waals surface area contributed by atoms with Crippen LogP contribution < -0.4 is 0 Å². The third-order valence-corrected chi connectivity index (χ3v) is 5.18. The summed E-state index contributed by atoms with van der Waals surface area (Å²) in [5.74, 6) is 2.42. The first-order chi connectivity index (χ1) is 9.97. The van der Waals surface area contributed by atoms with Gasteiger partial charge < -0.3 is 4.57 Å². The van der Waals surface area contributed by atoms with Crippen molar-refractivity contribution >= 4 is 34.2 Å². The normalized spacial score (nSPS) is 28.0. The molecule has 3 rings (SSSR count). The van der Waals surface area contributed by atoms with Gasteiger partial charge in [0.1, 0.15) is 5.82 Å². The molecule has 0 aliphatic heterocycles. The van der Waals surface area contributed by atoms with Crippen LogP contribution in [-0.2, 0) is 0 Å². The van der Waals surface area contributed by atoms with Crippen LogP contribution in [0.4, 0.5) is 0 Å². The van der Waals surface area contributed by atoms with E-state index < -0.39 is 0 Å². The molecule has 1 aliphatic rings. The largest absolute Gasteiger partial charge is 0.323 e. The predicted molar refractivity (Wildman–Crippen MR) is 90.2 cm³/mol. The first-order valence-electron chi connectivity index (χ1n) is 7.78. The maximum atomic E-state index is 6.40. The lowest BCUT2D eigenvalue weighted by Crippen LogP contribution is -2.26. The minimum atomic E-state index is -0.0947. The van der Waals surface area contributed by atoms with Crippen LogP contribution in [0.3, 0.4) is 0 Å². The van der Waals surface area contributed by atoms with E-state index in [1.807, 2.05) is 25.1 Å². The maximum Gasteiger partial charge on any atom is 0.127 e. The Labute approximate surface area is 136 Å². The summed E-state index contributed by atoms with van der Waals surface area (Å²) >= 11 is 12.6. The summed E-state index contributed by atoms with van der Waals surface area (Å²) in [6.45, 7) is 6.69. The Kier molecular flexibility index (Phi) is 4.20. The average Bonchev–Trinajstić information content (AvgIpc) is 2.77. The van der Waals surface area contributed by atoms with Gasteiger partial charge in [0.2, 0.25) is 0 Å². The summed E-state index contributed by atoms with van der Waals surface area (Å²) < 4.78 is 2.36. The quantitative estimate of drug-likeness (QED) is 0.620. The molecule has 0 amide bonds. The fourth-order valence-electron chi connectivity index (χ4n) is 3.75. The third-order valence-electron chi connectivity index (χ3n) is 4.75. The number of benzene rings is 1. The number of aromatic nitrogens is 2. The molecule has 0 N–H and O–H groups in total. The van der Waals surface area contributed by atoms with Crippen molar-refractivity contribution in [2.75, 3.05) is 0 Å². The Morgan fingerprint density at radius 2 is 2.05 bits per heavy atom. The van der Waals surface area contributed by atoms with Crippen LogP contribution in [0.2, 0.25) is 5.02 Å². The lowest BCUT2D eigenvalue weighted by atomic mass is 9.79. The molecule has 114 valence electrons. The SMILES string of the molecule is CC1CCC(n2c(C(C)Cl)nc3ccc(Cl)cc32)C(C)C1. The van der Waals surface area contributed by atoms with Crippen molar-refractivity contribution in [3.05, 3.63) is 29.0 Å². The molecule has 1 fully saturated rings. The number of halogens is 2. The average molecular weight is 325 g/mol. The van der Waals surface area contributed by atoms with E-state index in [4.69, 9.17) is 28.2 Å². The molecule has 21 heavy (non-hydrogen) atoms. The van der Waals surface area contributed by atoms with Crippen LogP contribution >= 0.6 is 23.2 Å². The van der Waals surface area contributed by atoms with Crippen molar-refractivity contribution in [1.82, 2.24) is 9.55 Å². The number of rotatable bonds is 2. The summed E-state index contributed by atoms with van der Waals surface area (Å²) in [6.07, 6.45) is 3.73. The van der Waals surface area contributed by atoms with Crippen molar-refractivity contribution in [3.8, 4) is 0 Å². The molecule has 0 saturated heterocycles. The van der Waals surface area contributed by atoms with Gasteiger partial charge in [-0.1, -0.05) is 25.4 Å². The third kappa shape index (κ3) is 2.80. The molecule has 1 heterocycles. The molecule has 0 radical (unpaired) electrons. The van der Waals surface area contributed by atoms with E-state index in [9.17, 15) is 0 Å². The lowest BCUT2D eigenvalue weighted by Gasteiger charge is -2.35. The predicted octanol–water partition coefficient (Wildman–Crippen LogP) is 5.99. The monoisotopic (exact) mass is 324 g/mol. The maximum absolute atomic E-state index is 6.40. The molecule has 4 unspecified atom stereocenters. The Morgan fingerprint density at radius 1 is 1.29 bits per heavy atom. The van der Waals surface area contributed by atoms with Gasteiger partial charge in [0.05, 0.1) is 16.4 Å². The smallest absolute Gasteiger partial charge is 0.127 e. The highest BCUT2D eigenvalue weighted by molar-refractivity contribution is 6.31. The zero-order valence-corrected chi connectivity index (χ0v) is 14.3. The lowest BCUT2D eigenvalue weighted by molar-refractivity contribution is 0.208. The number of imidazole rings is 1. The minimum absolute atomic E-state index is 0.0947. The molecular weight excluding hydrogens is 303 g/mol. The van der Waals surface area contributed by atoms with Crippen LogP contribution in [0.1, 0.15) is 57.3 Å². The number of hydrogen-bond acceptors (Lipinski definition) is 1. The molecule has 4 atom stereocenters. The summed E-state index contributed by atoms with van der Waals surface area (Å²) in [4.78, 5) is 4.75. The van der Waals surface area contributed by atoms with Gasteiger partial charge in [-0.15, -0.1) is 11.6 Å². The van der Waals surface area contributed by atoms with Crippen molar-refractivity contribution in [2.45, 2.75) is 51.5 Å². The Hall–Kier alpha value is -0.730. The second kappa shape index (κ2) is 5.81. The van der Waals surface area contributed by atoms with Gasteiger partial charge in [-0.3, -0.25) is 0 Å². The zero-order chi connectivity index (χ0) is 15.1. The van der Waals surface area contributed by atoms with Crippen LogP contribution in [-0.4, -0.2) is 9.55 Å². The first kappa shape index (κ1) is 15.2. The molecule has 1 saturated carbocycles. The second-order valence-electron chi connectivity index (χ2n) is 6.55. The zero-order valence-electron chi connectivity index (χ0n) is 12.8. The van der Waals surface area contributed by atoms with Crippen molar-refractivity contribution in [1.29, 1.82) is 0 Å². The van der Waals surface area contributed by atoms with Crippen LogP contribution in [0.15, 0.2) is 18.2 Å². The Bertz CT molecular complexity index is 648. The molecule has 1 aromatic carbocycles. The van der Waals surface area contributed by atoms with E-state index in [2.05, 4.69) is 18.4 Å². The van der Waals surface area contributed by atoms with Crippen molar-refractivity contribution < 1.29 is 0 Å². The van der Waals surface area contributed by atoms with E-state index in [-0.39, 0.29) is 5.38 Å². The highest BCUT2D eigenvalue weighted by Gasteiger charge is 2.30. The van der Waals surface area contributed by atoms with Gasteiger partial charge in [0.15, 0.2) is 0 Å². The van der Waals surface area contributed by atoms with Gasteiger partial charge >= 0.3 is 0 Å². The summed E-state index contributed by atoms with van der Waals surface area (Å²) in [7, 11) is 0. The van der Waals surface area contributed by atoms with Gasteiger partial charge in [0, 0.05) is 11.1 Å². The summed E-state index contributed by atoms with van der Waals surface area (Å²) in [5.41, 5.74) is 2.11. The Morgan fingerprint density at radius 3 is 2.71 bits per heavy atom. The van der Waals surface area contributed by atoms with Crippen LogP contribution in [0.5, 0.6) is 0 Å². The van der Waals surface area contributed by atoms with Gasteiger partial charge in [-0.05, 0) is 56.2 Å². The summed E-state index contributed by atoms with van der Waals surface area (Å²) in [6, 6.07) is 6.39. The van der Waals surface area contributed by atoms with Crippen molar-refractivity contribution in [3.63, 3.8) is 0 Å². The van der Waals surface area contributed by atoms with E-state index in [1.165, 1.54) is 19.3 Å². The molecule has 1 aliphatic carbocycles. The fourth-order valence-corrected chi connectivity index (χ4v) is 4.07. The summed E-state index contributed by atoms with van der Waals surface area (Å²) in [5, 5.41) is 0.664. The molecular formula is C17H22Cl2N2. The first-order valence-corrected chi connectivity index (χ1v) is 8.60. The number of hydrogen-bond donors (Lipinski definition) is 0.